The van der Waals surface area contributed by atoms with Gasteiger partial charge in [0.1, 0.15) is 6.20 Å². The molecule has 114 valence electrons. The van der Waals surface area contributed by atoms with Gasteiger partial charge in [-0.05, 0) is 18.6 Å². The zero-order valence-electron chi connectivity index (χ0n) is 11.6. The first kappa shape index (κ1) is 15.1. The fourth-order valence-electron chi connectivity index (χ4n) is 1.85. The quantitative estimate of drug-likeness (QED) is 0.676. The highest BCUT2D eigenvalue weighted by Crippen LogP contribution is 2.23. The highest BCUT2D eigenvalue weighted by molar-refractivity contribution is 6.05. The lowest BCUT2D eigenvalue weighted by Gasteiger charge is -2.06. The Kier molecular flexibility index (Phi) is 3.84. The molecule has 22 heavy (non-hydrogen) atoms. The third-order valence-electron chi connectivity index (χ3n) is 2.89. The van der Waals surface area contributed by atoms with Crippen LogP contribution in [0.15, 0.2) is 24.4 Å². The highest BCUT2D eigenvalue weighted by atomic mass is 16.6. The molecule has 10 heteroatoms. The van der Waals surface area contributed by atoms with Crippen molar-refractivity contribution >= 4 is 23.0 Å². The second-order valence-electron chi connectivity index (χ2n) is 4.50. The number of rotatable bonds is 4. The summed E-state index contributed by atoms with van der Waals surface area (Å²) in [7, 11) is 1.46. The number of nitro groups is 2. The van der Waals surface area contributed by atoms with Crippen LogP contribution in [0, 0.1) is 27.2 Å². The molecule has 1 aromatic carbocycles. The van der Waals surface area contributed by atoms with Gasteiger partial charge >= 0.3 is 5.69 Å². The van der Waals surface area contributed by atoms with Gasteiger partial charge in [-0.15, -0.1) is 0 Å². The van der Waals surface area contributed by atoms with Crippen LogP contribution >= 0.6 is 0 Å². The van der Waals surface area contributed by atoms with Crippen molar-refractivity contribution in [1.82, 2.24) is 9.78 Å². The van der Waals surface area contributed by atoms with Gasteiger partial charge in [0.15, 0.2) is 0 Å². The van der Waals surface area contributed by atoms with E-state index >= 15 is 0 Å². The molecule has 0 aliphatic carbocycles. The Labute approximate surface area is 123 Å². The molecule has 1 N–H and O–H groups in total. The lowest BCUT2D eigenvalue weighted by Crippen LogP contribution is -2.15. The monoisotopic (exact) mass is 305 g/mol. The van der Waals surface area contributed by atoms with Crippen molar-refractivity contribution in [3.8, 4) is 0 Å². The van der Waals surface area contributed by atoms with Crippen molar-refractivity contribution in [3.63, 3.8) is 0 Å². The van der Waals surface area contributed by atoms with Crippen LogP contribution in [0.25, 0.3) is 0 Å². The van der Waals surface area contributed by atoms with Crippen LogP contribution in [-0.2, 0) is 7.05 Å². The molecule has 1 aromatic heterocycles. The van der Waals surface area contributed by atoms with Crippen LogP contribution in [0.5, 0.6) is 0 Å². The number of aromatic nitrogens is 2. The van der Waals surface area contributed by atoms with E-state index in [1.54, 1.807) is 6.92 Å². The van der Waals surface area contributed by atoms with Gasteiger partial charge in [-0.25, -0.2) is 0 Å². The molecule has 10 nitrogen and oxygen atoms in total. The number of carbonyl (C=O) groups excluding carboxylic acids is 1. The molecule has 0 saturated carbocycles. The van der Waals surface area contributed by atoms with Crippen LogP contribution in [0.2, 0.25) is 0 Å². The average molecular weight is 305 g/mol. The molecular formula is C12H11N5O5. The van der Waals surface area contributed by atoms with Gasteiger partial charge in [0, 0.05) is 24.9 Å². The second kappa shape index (κ2) is 5.60. The molecule has 1 heterocycles. The minimum Gasteiger partial charge on any atom is -0.320 e. The first-order valence-corrected chi connectivity index (χ1v) is 6.04. The lowest BCUT2D eigenvalue weighted by atomic mass is 10.1. The molecule has 0 aliphatic rings. The predicted octanol–water partition coefficient (Wildman–Crippen LogP) is 1.80. The summed E-state index contributed by atoms with van der Waals surface area (Å²) in [5.74, 6) is -0.760. The Morgan fingerprint density at radius 3 is 2.50 bits per heavy atom. The number of amides is 1. The Morgan fingerprint density at radius 1 is 1.27 bits per heavy atom. The number of anilines is 1. The number of nitro benzene ring substituents is 1. The number of nitrogens with one attached hydrogen (secondary N) is 1. The summed E-state index contributed by atoms with van der Waals surface area (Å²) < 4.78 is 1.16. The molecule has 2 rings (SSSR count). The highest BCUT2D eigenvalue weighted by Gasteiger charge is 2.25. The summed E-state index contributed by atoms with van der Waals surface area (Å²) in [5.41, 5.74) is -0.0826. The molecule has 0 unspecified atom stereocenters. The molecular weight excluding hydrogens is 294 g/mol. The standard InChI is InChI=1S/C12H11N5O5/c1-7-5-8(16(19)20)3-4-9(7)13-12(18)11-10(17(21)22)6-15(2)14-11/h3-6H,1-2H3,(H,13,18). The van der Waals surface area contributed by atoms with E-state index in [1.165, 1.54) is 25.2 Å². The van der Waals surface area contributed by atoms with E-state index in [4.69, 9.17) is 0 Å². The van der Waals surface area contributed by atoms with E-state index in [1.807, 2.05) is 0 Å². The summed E-state index contributed by atoms with van der Waals surface area (Å²) in [6, 6.07) is 3.89. The smallest absolute Gasteiger partial charge is 0.320 e. The van der Waals surface area contributed by atoms with Gasteiger partial charge in [0.25, 0.3) is 11.6 Å². The van der Waals surface area contributed by atoms with Crippen molar-refractivity contribution in [1.29, 1.82) is 0 Å². The third kappa shape index (κ3) is 2.90. The first-order valence-electron chi connectivity index (χ1n) is 6.04. The zero-order valence-corrected chi connectivity index (χ0v) is 11.6. The predicted molar refractivity (Wildman–Crippen MR) is 75.6 cm³/mol. The Morgan fingerprint density at radius 2 is 1.95 bits per heavy atom. The molecule has 0 spiro atoms. The van der Waals surface area contributed by atoms with Crippen molar-refractivity contribution in [3.05, 3.63) is 55.9 Å². The van der Waals surface area contributed by atoms with Crippen LogP contribution in [0.4, 0.5) is 17.1 Å². The summed E-state index contributed by atoms with van der Waals surface area (Å²) in [4.78, 5) is 32.4. The van der Waals surface area contributed by atoms with E-state index in [0.717, 1.165) is 10.9 Å². The van der Waals surface area contributed by atoms with Gasteiger partial charge in [-0.2, -0.15) is 5.10 Å². The molecule has 0 aliphatic heterocycles. The molecule has 0 saturated heterocycles. The van der Waals surface area contributed by atoms with E-state index < -0.39 is 21.4 Å². The van der Waals surface area contributed by atoms with Gasteiger partial charge in [0.05, 0.1) is 9.85 Å². The number of hydrogen-bond acceptors (Lipinski definition) is 6. The van der Waals surface area contributed by atoms with Crippen molar-refractivity contribution in [2.24, 2.45) is 7.05 Å². The maximum absolute atomic E-state index is 12.1. The van der Waals surface area contributed by atoms with E-state index in [-0.39, 0.29) is 11.4 Å². The third-order valence-corrected chi connectivity index (χ3v) is 2.89. The van der Waals surface area contributed by atoms with Crippen LogP contribution < -0.4 is 5.32 Å². The number of nitrogens with zero attached hydrogens (tertiary/aromatic N) is 4. The molecule has 0 fully saturated rings. The maximum Gasteiger partial charge on any atom is 0.320 e. The minimum atomic E-state index is -0.760. The normalized spacial score (nSPS) is 10.3. The average Bonchev–Trinajstić information content (AvgIpc) is 2.83. The topological polar surface area (TPSA) is 133 Å². The fourth-order valence-corrected chi connectivity index (χ4v) is 1.85. The van der Waals surface area contributed by atoms with Gasteiger partial charge in [-0.3, -0.25) is 29.7 Å². The fraction of sp³-hybridized carbons (Fsp3) is 0.167. The number of carbonyl (C=O) groups is 1. The molecule has 1 amide bonds. The van der Waals surface area contributed by atoms with Gasteiger partial charge in [0.2, 0.25) is 5.69 Å². The van der Waals surface area contributed by atoms with Crippen molar-refractivity contribution < 1.29 is 14.6 Å². The Balaban J connectivity index is 2.30. The molecule has 2 aromatic rings. The summed E-state index contributed by atoms with van der Waals surface area (Å²) in [6.07, 6.45) is 1.12. The number of benzene rings is 1. The zero-order chi connectivity index (χ0) is 16.4. The number of aryl methyl sites for hydroxylation is 2. The Hall–Kier alpha value is -3.30. The summed E-state index contributed by atoms with van der Waals surface area (Å²) in [6.45, 7) is 1.58. The SMILES string of the molecule is Cc1cc([N+](=O)[O-])ccc1NC(=O)c1nn(C)cc1[N+](=O)[O-]. The number of non-ortho nitro benzene ring substituents is 1. The second-order valence-corrected chi connectivity index (χ2v) is 4.50. The summed E-state index contributed by atoms with van der Waals surface area (Å²) in [5, 5.41) is 27.8. The van der Waals surface area contributed by atoms with Crippen LogP contribution in [-0.4, -0.2) is 25.5 Å². The first-order chi connectivity index (χ1) is 10.3. The summed E-state index contributed by atoms with van der Waals surface area (Å²) >= 11 is 0. The van der Waals surface area contributed by atoms with Crippen LogP contribution in [0.3, 0.4) is 0 Å². The van der Waals surface area contributed by atoms with Crippen molar-refractivity contribution in [2.45, 2.75) is 6.92 Å². The maximum atomic E-state index is 12.1. The lowest BCUT2D eigenvalue weighted by molar-refractivity contribution is -0.385. The van der Waals surface area contributed by atoms with Crippen LogP contribution in [0.1, 0.15) is 16.1 Å². The number of hydrogen-bond donors (Lipinski definition) is 1. The minimum absolute atomic E-state index is 0.112. The largest absolute Gasteiger partial charge is 0.320 e. The molecule has 0 atom stereocenters. The van der Waals surface area contributed by atoms with E-state index in [2.05, 4.69) is 10.4 Å². The Bertz CT molecular complexity index is 782. The van der Waals surface area contributed by atoms with Gasteiger partial charge < -0.3 is 5.32 Å². The molecule has 0 radical (unpaired) electrons. The van der Waals surface area contributed by atoms with Gasteiger partial charge in [-0.1, -0.05) is 0 Å². The van der Waals surface area contributed by atoms with E-state index in [9.17, 15) is 25.0 Å². The van der Waals surface area contributed by atoms with Crippen molar-refractivity contribution in [2.75, 3.05) is 5.32 Å². The molecule has 0 bridgehead atoms. The van der Waals surface area contributed by atoms with E-state index in [0.29, 0.717) is 11.3 Å².